The zero-order valence-corrected chi connectivity index (χ0v) is 15.9. The second-order valence-corrected chi connectivity index (χ2v) is 7.88. The molecule has 5 rings (SSSR count). The highest BCUT2D eigenvalue weighted by Crippen LogP contribution is 2.31. The molecule has 7 heteroatoms. The van der Waals surface area contributed by atoms with Crippen molar-refractivity contribution in [2.75, 3.05) is 11.9 Å². The summed E-state index contributed by atoms with van der Waals surface area (Å²) >= 11 is 0. The fourth-order valence-electron chi connectivity index (χ4n) is 3.24. The monoisotopic (exact) mass is 377 g/mol. The number of carbonyl (C=O) groups excluding carboxylic acids is 1. The van der Waals surface area contributed by atoms with Gasteiger partial charge in [-0.2, -0.15) is 5.10 Å². The zero-order chi connectivity index (χ0) is 19.1. The van der Waals surface area contributed by atoms with E-state index in [9.17, 15) is 4.79 Å². The molecule has 2 fully saturated rings. The number of ether oxygens (including phenoxy) is 1. The lowest BCUT2D eigenvalue weighted by molar-refractivity contribution is -0.117. The summed E-state index contributed by atoms with van der Waals surface area (Å²) in [6.07, 6.45) is 9.87. The molecule has 0 unspecified atom stereocenters. The number of pyridine rings is 2. The summed E-state index contributed by atoms with van der Waals surface area (Å²) in [5, 5.41) is 8.39. The molecule has 7 nitrogen and oxygen atoms in total. The topological polar surface area (TPSA) is 81.9 Å². The average molecular weight is 377 g/mol. The van der Waals surface area contributed by atoms with Crippen LogP contribution in [0.2, 0.25) is 0 Å². The molecule has 0 radical (unpaired) electrons. The van der Waals surface area contributed by atoms with Crippen LogP contribution in [0.25, 0.3) is 10.9 Å². The molecule has 0 atom stereocenters. The molecule has 3 aromatic rings. The highest BCUT2D eigenvalue weighted by Gasteiger charge is 2.30. The van der Waals surface area contributed by atoms with Crippen molar-refractivity contribution in [3.05, 3.63) is 42.0 Å². The van der Waals surface area contributed by atoms with E-state index in [1.165, 1.54) is 12.8 Å². The number of amides is 1. The van der Waals surface area contributed by atoms with Gasteiger partial charge in [-0.25, -0.2) is 4.98 Å². The van der Waals surface area contributed by atoms with E-state index in [4.69, 9.17) is 4.74 Å². The SMILES string of the molecule is Cc1cc(Cn2cc3c(NC(=O)C4CC4)nccc3n2)ncc1OCC1CC1. The van der Waals surface area contributed by atoms with Gasteiger partial charge < -0.3 is 10.1 Å². The maximum Gasteiger partial charge on any atom is 0.228 e. The maximum absolute atomic E-state index is 12.1. The first kappa shape index (κ1) is 17.2. The minimum atomic E-state index is 0.0480. The van der Waals surface area contributed by atoms with Crippen molar-refractivity contribution >= 4 is 22.6 Å². The van der Waals surface area contributed by atoms with Crippen LogP contribution in [-0.4, -0.2) is 32.3 Å². The molecule has 0 spiro atoms. The summed E-state index contributed by atoms with van der Waals surface area (Å²) in [5.74, 6) is 2.34. The maximum atomic E-state index is 12.1. The van der Waals surface area contributed by atoms with Gasteiger partial charge in [0.15, 0.2) is 0 Å². The van der Waals surface area contributed by atoms with E-state index in [-0.39, 0.29) is 11.8 Å². The first-order valence-corrected chi connectivity index (χ1v) is 9.87. The Hall–Kier alpha value is -2.96. The predicted octanol–water partition coefficient (Wildman–Crippen LogP) is 3.32. The van der Waals surface area contributed by atoms with Crippen LogP contribution in [0.3, 0.4) is 0 Å². The molecular formula is C21H23N5O2. The van der Waals surface area contributed by atoms with E-state index < -0.39 is 0 Å². The van der Waals surface area contributed by atoms with Crippen LogP contribution in [0.1, 0.15) is 36.9 Å². The van der Waals surface area contributed by atoms with E-state index in [0.29, 0.717) is 12.4 Å². The lowest BCUT2D eigenvalue weighted by Crippen LogP contribution is -2.14. The van der Waals surface area contributed by atoms with Gasteiger partial charge in [-0.05, 0) is 56.2 Å². The number of carbonyl (C=O) groups is 1. The summed E-state index contributed by atoms with van der Waals surface area (Å²) in [6, 6.07) is 3.90. The van der Waals surface area contributed by atoms with Crippen molar-refractivity contribution in [2.24, 2.45) is 11.8 Å². The minimum Gasteiger partial charge on any atom is -0.491 e. The second kappa shape index (κ2) is 6.89. The summed E-state index contributed by atoms with van der Waals surface area (Å²) in [4.78, 5) is 20.9. The van der Waals surface area contributed by atoms with Gasteiger partial charge in [0.25, 0.3) is 0 Å². The number of fused-ring (bicyclic) bond motifs is 1. The van der Waals surface area contributed by atoms with Gasteiger partial charge in [-0.1, -0.05) is 0 Å². The van der Waals surface area contributed by atoms with Crippen LogP contribution in [0, 0.1) is 18.8 Å². The van der Waals surface area contributed by atoms with Crippen molar-refractivity contribution in [3.63, 3.8) is 0 Å². The van der Waals surface area contributed by atoms with Crippen molar-refractivity contribution < 1.29 is 9.53 Å². The lowest BCUT2D eigenvalue weighted by Gasteiger charge is -2.09. The first-order valence-electron chi connectivity index (χ1n) is 9.87. The summed E-state index contributed by atoms with van der Waals surface area (Å²) in [5.41, 5.74) is 2.81. The molecule has 2 aliphatic rings. The summed E-state index contributed by atoms with van der Waals surface area (Å²) in [6.45, 7) is 3.38. The quantitative estimate of drug-likeness (QED) is 0.683. The van der Waals surface area contributed by atoms with Crippen LogP contribution in [-0.2, 0) is 11.3 Å². The van der Waals surface area contributed by atoms with Gasteiger partial charge in [0.1, 0.15) is 11.6 Å². The molecule has 0 saturated heterocycles. The van der Waals surface area contributed by atoms with E-state index in [1.807, 2.05) is 29.9 Å². The molecule has 3 aromatic heterocycles. The minimum absolute atomic E-state index is 0.0480. The average Bonchev–Trinajstić information content (AvgIpc) is 3.58. The molecule has 0 bridgehead atoms. The van der Waals surface area contributed by atoms with E-state index in [1.54, 1.807) is 12.4 Å². The number of nitrogens with zero attached hydrogens (tertiary/aromatic N) is 4. The molecule has 0 aliphatic heterocycles. The van der Waals surface area contributed by atoms with Gasteiger partial charge in [0.2, 0.25) is 5.91 Å². The van der Waals surface area contributed by atoms with Gasteiger partial charge in [0.05, 0.1) is 35.9 Å². The van der Waals surface area contributed by atoms with Gasteiger partial charge in [-0.3, -0.25) is 14.5 Å². The summed E-state index contributed by atoms with van der Waals surface area (Å²) < 4.78 is 7.70. The number of hydrogen-bond donors (Lipinski definition) is 1. The van der Waals surface area contributed by atoms with Crippen molar-refractivity contribution in [3.8, 4) is 5.75 Å². The van der Waals surface area contributed by atoms with E-state index >= 15 is 0 Å². The second-order valence-electron chi connectivity index (χ2n) is 7.88. The standard InChI is InChI=1S/C21H23N5O2/c1-13-8-16(23-9-19(13)28-12-14-2-3-14)10-26-11-17-18(25-26)6-7-22-20(17)24-21(27)15-4-5-15/h6-9,11,14-15H,2-5,10,12H2,1H3,(H,22,24,27). The third kappa shape index (κ3) is 3.69. The molecule has 144 valence electrons. The molecule has 28 heavy (non-hydrogen) atoms. The Labute approximate surface area is 163 Å². The Balaban J connectivity index is 1.33. The van der Waals surface area contributed by atoms with Crippen molar-refractivity contribution in [1.29, 1.82) is 0 Å². The Morgan fingerprint density at radius 1 is 1.29 bits per heavy atom. The highest BCUT2D eigenvalue weighted by molar-refractivity contribution is 6.00. The normalized spacial score (nSPS) is 16.3. The number of aryl methyl sites for hydroxylation is 1. The molecule has 0 aromatic carbocycles. The Morgan fingerprint density at radius 3 is 2.89 bits per heavy atom. The predicted molar refractivity (Wildman–Crippen MR) is 105 cm³/mol. The third-order valence-electron chi connectivity index (χ3n) is 5.29. The highest BCUT2D eigenvalue weighted by atomic mass is 16.5. The molecule has 1 amide bonds. The van der Waals surface area contributed by atoms with E-state index in [2.05, 4.69) is 20.4 Å². The molecule has 2 aliphatic carbocycles. The zero-order valence-electron chi connectivity index (χ0n) is 15.9. The number of nitrogens with one attached hydrogen (secondary N) is 1. The van der Waals surface area contributed by atoms with Crippen LogP contribution >= 0.6 is 0 Å². The van der Waals surface area contributed by atoms with Crippen LogP contribution < -0.4 is 10.1 Å². The first-order chi connectivity index (χ1) is 13.7. The van der Waals surface area contributed by atoms with Crippen LogP contribution in [0.4, 0.5) is 5.82 Å². The largest absolute Gasteiger partial charge is 0.491 e. The lowest BCUT2D eigenvalue weighted by atomic mass is 10.2. The van der Waals surface area contributed by atoms with Gasteiger partial charge in [0, 0.05) is 18.3 Å². The van der Waals surface area contributed by atoms with Crippen LogP contribution in [0.15, 0.2) is 30.7 Å². The van der Waals surface area contributed by atoms with Crippen molar-refractivity contribution in [1.82, 2.24) is 19.7 Å². The van der Waals surface area contributed by atoms with Gasteiger partial charge >= 0.3 is 0 Å². The molecular weight excluding hydrogens is 354 g/mol. The Bertz CT molecular complexity index is 1040. The number of aromatic nitrogens is 4. The Kier molecular flexibility index (Phi) is 4.22. The fraction of sp³-hybridized carbons (Fsp3) is 0.429. The number of rotatable bonds is 7. The fourth-order valence-corrected chi connectivity index (χ4v) is 3.24. The molecule has 3 heterocycles. The van der Waals surface area contributed by atoms with Gasteiger partial charge in [-0.15, -0.1) is 0 Å². The number of hydrogen-bond acceptors (Lipinski definition) is 5. The third-order valence-corrected chi connectivity index (χ3v) is 5.29. The molecule has 1 N–H and O–H groups in total. The number of anilines is 1. The van der Waals surface area contributed by atoms with Crippen LogP contribution in [0.5, 0.6) is 5.75 Å². The summed E-state index contributed by atoms with van der Waals surface area (Å²) in [7, 11) is 0. The molecule has 2 saturated carbocycles. The Morgan fingerprint density at radius 2 is 2.14 bits per heavy atom. The smallest absolute Gasteiger partial charge is 0.228 e. The van der Waals surface area contributed by atoms with Crippen molar-refractivity contribution in [2.45, 2.75) is 39.2 Å². The van der Waals surface area contributed by atoms with E-state index in [0.717, 1.165) is 53.3 Å².